The van der Waals surface area contributed by atoms with E-state index in [0.29, 0.717) is 0 Å². The van der Waals surface area contributed by atoms with Gasteiger partial charge in [0.05, 0.1) is 16.8 Å². The first-order valence-corrected chi connectivity index (χ1v) is 9.47. The highest BCUT2D eigenvalue weighted by molar-refractivity contribution is 9.10. The van der Waals surface area contributed by atoms with Crippen molar-refractivity contribution in [3.63, 3.8) is 0 Å². The van der Waals surface area contributed by atoms with E-state index in [1.165, 1.54) is 6.42 Å². The van der Waals surface area contributed by atoms with Crippen molar-refractivity contribution in [3.8, 4) is 11.3 Å². The van der Waals surface area contributed by atoms with Gasteiger partial charge < -0.3 is 4.90 Å². The van der Waals surface area contributed by atoms with Crippen molar-refractivity contribution in [1.29, 1.82) is 0 Å². The number of amides is 1. The molecule has 4 rings (SSSR count). The van der Waals surface area contributed by atoms with Gasteiger partial charge in [-0.25, -0.2) is 4.98 Å². The molecule has 0 bridgehead atoms. The van der Waals surface area contributed by atoms with Gasteiger partial charge in [-0.05, 0) is 43.5 Å². The summed E-state index contributed by atoms with van der Waals surface area (Å²) in [6.45, 7) is 1.69. The van der Waals surface area contributed by atoms with Gasteiger partial charge in [-0.15, -0.1) is 0 Å². The lowest BCUT2D eigenvalue weighted by Crippen LogP contribution is -2.35. The molecule has 0 atom stereocenters. The highest BCUT2D eigenvalue weighted by atomic mass is 79.9. The molecule has 1 amide bonds. The summed E-state index contributed by atoms with van der Waals surface area (Å²) >= 11 is 3.52. The summed E-state index contributed by atoms with van der Waals surface area (Å²) in [6, 6.07) is 17.9. The smallest absolute Gasteiger partial charge is 0.254 e. The molecule has 3 aromatic rings. The molecule has 2 aromatic carbocycles. The third-order valence-electron chi connectivity index (χ3n) is 4.71. The van der Waals surface area contributed by atoms with Gasteiger partial charge >= 0.3 is 0 Å². The van der Waals surface area contributed by atoms with Crippen molar-refractivity contribution in [3.05, 3.63) is 64.6 Å². The molecule has 1 saturated heterocycles. The fourth-order valence-electron chi connectivity index (χ4n) is 3.40. The Bertz CT molecular complexity index is 918. The molecule has 0 radical (unpaired) electrons. The zero-order chi connectivity index (χ0) is 17.2. The van der Waals surface area contributed by atoms with E-state index in [0.717, 1.165) is 58.1 Å². The molecule has 0 unspecified atom stereocenters. The van der Waals surface area contributed by atoms with Crippen molar-refractivity contribution in [1.82, 2.24) is 9.88 Å². The van der Waals surface area contributed by atoms with Crippen LogP contribution in [0.15, 0.2) is 59.1 Å². The van der Waals surface area contributed by atoms with Gasteiger partial charge in [0, 0.05) is 28.5 Å². The van der Waals surface area contributed by atoms with E-state index in [-0.39, 0.29) is 5.91 Å². The van der Waals surface area contributed by atoms with Crippen LogP contribution in [0.1, 0.15) is 29.6 Å². The topological polar surface area (TPSA) is 33.2 Å². The standard InChI is InChI=1S/C21H19BrN2O/c22-16-9-10-19-17(13-16)18(21(25)24-11-5-2-6-12-24)14-20(23-19)15-7-3-1-4-8-15/h1,3-4,7-10,13-14H,2,5-6,11-12H2. The van der Waals surface area contributed by atoms with Gasteiger partial charge in [-0.1, -0.05) is 46.3 Å². The molecule has 25 heavy (non-hydrogen) atoms. The quantitative estimate of drug-likeness (QED) is 0.591. The average Bonchev–Trinajstić information content (AvgIpc) is 2.68. The van der Waals surface area contributed by atoms with Crippen molar-refractivity contribution in [2.24, 2.45) is 0 Å². The van der Waals surface area contributed by atoms with E-state index in [2.05, 4.69) is 15.9 Å². The van der Waals surface area contributed by atoms with E-state index in [9.17, 15) is 4.79 Å². The number of aromatic nitrogens is 1. The molecule has 4 heteroatoms. The van der Waals surface area contributed by atoms with Gasteiger partial charge in [0.2, 0.25) is 0 Å². The number of nitrogens with zero attached hydrogens (tertiary/aromatic N) is 2. The maximum absolute atomic E-state index is 13.2. The van der Waals surface area contributed by atoms with E-state index in [1.54, 1.807) is 0 Å². The maximum Gasteiger partial charge on any atom is 0.254 e. The predicted molar refractivity (Wildman–Crippen MR) is 105 cm³/mol. The van der Waals surface area contributed by atoms with E-state index in [1.807, 2.05) is 59.5 Å². The Labute approximate surface area is 155 Å². The highest BCUT2D eigenvalue weighted by Crippen LogP contribution is 2.28. The third-order valence-corrected chi connectivity index (χ3v) is 5.21. The van der Waals surface area contributed by atoms with Crippen LogP contribution in [-0.2, 0) is 0 Å². The molecule has 1 aliphatic rings. The number of fused-ring (bicyclic) bond motifs is 1. The van der Waals surface area contributed by atoms with Crippen LogP contribution >= 0.6 is 15.9 Å². The van der Waals surface area contributed by atoms with Crippen molar-refractivity contribution in [2.75, 3.05) is 13.1 Å². The fraction of sp³-hybridized carbons (Fsp3) is 0.238. The van der Waals surface area contributed by atoms with Gasteiger partial charge in [-0.3, -0.25) is 4.79 Å². The molecular formula is C21H19BrN2O. The third kappa shape index (κ3) is 3.31. The molecule has 0 aliphatic carbocycles. The zero-order valence-corrected chi connectivity index (χ0v) is 15.5. The van der Waals surface area contributed by atoms with E-state index >= 15 is 0 Å². The van der Waals surface area contributed by atoms with Crippen LogP contribution < -0.4 is 0 Å². The number of hydrogen-bond acceptors (Lipinski definition) is 2. The molecule has 2 heterocycles. The van der Waals surface area contributed by atoms with Gasteiger partial charge in [-0.2, -0.15) is 0 Å². The highest BCUT2D eigenvalue weighted by Gasteiger charge is 2.21. The Balaban J connectivity index is 1.87. The lowest BCUT2D eigenvalue weighted by molar-refractivity contribution is 0.0726. The summed E-state index contributed by atoms with van der Waals surface area (Å²) in [5.74, 6) is 0.113. The summed E-state index contributed by atoms with van der Waals surface area (Å²) in [4.78, 5) is 20.0. The van der Waals surface area contributed by atoms with Crippen molar-refractivity contribution in [2.45, 2.75) is 19.3 Å². The van der Waals surface area contributed by atoms with Gasteiger partial charge in [0.15, 0.2) is 0 Å². The van der Waals surface area contributed by atoms with Crippen LogP contribution in [-0.4, -0.2) is 28.9 Å². The van der Waals surface area contributed by atoms with E-state index in [4.69, 9.17) is 4.98 Å². The molecule has 1 aromatic heterocycles. The monoisotopic (exact) mass is 394 g/mol. The largest absolute Gasteiger partial charge is 0.339 e. The Morgan fingerprint density at radius 1 is 0.960 bits per heavy atom. The predicted octanol–water partition coefficient (Wildman–Crippen LogP) is 5.29. The number of pyridine rings is 1. The molecule has 0 spiro atoms. The molecule has 126 valence electrons. The first-order chi connectivity index (χ1) is 12.2. The maximum atomic E-state index is 13.2. The minimum Gasteiger partial charge on any atom is -0.339 e. The molecule has 0 saturated carbocycles. The Kier molecular flexibility index (Phi) is 4.53. The Morgan fingerprint density at radius 2 is 1.72 bits per heavy atom. The van der Waals surface area contributed by atoms with Crippen LogP contribution in [0.3, 0.4) is 0 Å². The second-order valence-electron chi connectivity index (χ2n) is 6.44. The fourth-order valence-corrected chi connectivity index (χ4v) is 3.76. The number of carbonyl (C=O) groups excluding carboxylic acids is 1. The number of hydrogen-bond donors (Lipinski definition) is 0. The minimum absolute atomic E-state index is 0.113. The molecule has 0 N–H and O–H groups in total. The minimum atomic E-state index is 0.113. The summed E-state index contributed by atoms with van der Waals surface area (Å²) in [5.41, 5.74) is 3.47. The Hall–Kier alpha value is -2.20. The van der Waals surface area contributed by atoms with Crippen LogP contribution in [0.5, 0.6) is 0 Å². The number of carbonyl (C=O) groups is 1. The summed E-state index contributed by atoms with van der Waals surface area (Å²) in [5, 5.41) is 0.907. The number of piperidine rings is 1. The van der Waals surface area contributed by atoms with Crippen molar-refractivity contribution < 1.29 is 4.79 Å². The number of benzene rings is 2. The number of halogens is 1. The lowest BCUT2D eigenvalue weighted by Gasteiger charge is -2.27. The molecule has 1 aliphatic heterocycles. The van der Waals surface area contributed by atoms with Crippen molar-refractivity contribution >= 4 is 32.7 Å². The normalized spacial score (nSPS) is 14.7. The summed E-state index contributed by atoms with van der Waals surface area (Å²) in [6.07, 6.45) is 3.38. The first kappa shape index (κ1) is 16.3. The van der Waals surface area contributed by atoms with Crippen LogP contribution in [0, 0.1) is 0 Å². The second-order valence-corrected chi connectivity index (χ2v) is 7.35. The van der Waals surface area contributed by atoms with Crippen LogP contribution in [0.4, 0.5) is 0 Å². The number of rotatable bonds is 2. The number of likely N-dealkylation sites (tertiary alicyclic amines) is 1. The van der Waals surface area contributed by atoms with E-state index < -0.39 is 0 Å². The SMILES string of the molecule is O=C(c1cc(-c2ccccc2)nc2ccc(Br)cc12)N1CCCCC1. The molecule has 1 fully saturated rings. The van der Waals surface area contributed by atoms with Gasteiger partial charge in [0.1, 0.15) is 0 Å². The average molecular weight is 395 g/mol. The zero-order valence-electron chi connectivity index (χ0n) is 13.9. The summed E-state index contributed by atoms with van der Waals surface area (Å²) in [7, 11) is 0. The second kappa shape index (κ2) is 6.96. The first-order valence-electron chi connectivity index (χ1n) is 8.67. The molecule has 3 nitrogen and oxygen atoms in total. The van der Waals surface area contributed by atoms with Gasteiger partial charge in [0.25, 0.3) is 5.91 Å². The molecular weight excluding hydrogens is 376 g/mol. The van der Waals surface area contributed by atoms with Crippen LogP contribution in [0.2, 0.25) is 0 Å². The Morgan fingerprint density at radius 3 is 2.48 bits per heavy atom. The van der Waals surface area contributed by atoms with Crippen LogP contribution in [0.25, 0.3) is 22.2 Å². The summed E-state index contributed by atoms with van der Waals surface area (Å²) < 4.78 is 0.960. The lowest BCUT2D eigenvalue weighted by atomic mass is 10.0.